The first kappa shape index (κ1) is 17.0. The van der Waals surface area contributed by atoms with Crippen LogP contribution in [0.15, 0.2) is 0 Å². The monoisotopic (exact) mass is 337 g/mol. The summed E-state index contributed by atoms with van der Waals surface area (Å²) >= 11 is 17.5. The van der Waals surface area contributed by atoms with Crippen molar-refractivity contribution in [1.29, 1.82) is 0 Å². The number of halogens is 3. The highest BCUT2D eigenvalue weighted by molar-refractivity contribution is 6.43. The van der Waals surface area contributed by atoms with E-state index in [0.29, 0.717) is 12.1 Å². The maximum absolute atomic E-state index is 12.0. The summed E-state index contributed by atoms with van der Waals surface area (Å²) in [5.41, 5.74) is 0.405. The van der Waals surface area contributed by atoms with Gasteiger partial charge in [-0.05, 0) is 18.9 Å². The number of rotatable bonds is 4. The summed E-state index contributed by atoms with van der Waals surface area (Å²) in [5, 5.41) is 4.77. The van der Waals surface area contributed by atoms with Gasteiger partial charge in [0.15, 0.2) is 0 Å². The van der Waals surface area contributed by atoms with Gasteiger partial charge in [0.05, 0.1) is 10.6 Å². The highest BCUT2D eigenvalue weighted by atomic mass is 35.5. The minimum Gasteiger partial charge on any atom is -0.338 e. The van der Waals surface area contributed by atoms with Gasteiger partial charge in [-0.15, -0.1) is 0 Å². The SMILES string of the molecule is CCCCNC(=O)NC(=O)c1c(Cl)nc(Cl)c(Cl)c1C. The molecule has 20 heavy (non-hydrogen) atoms. The molecule has 0 saturated carbocycles. The van der Waals surface area contributed by atoms with Crippen molar-refractivity contribution < 1.29 is 9.59 Å². The summed E-state index contributed by atoms with van der Waals surface area (Å²) in [6, 6.07) is -0.593. The van der Waals surface area contributed by atoms with Crippen LogP contribution in [0.3, 0.4) is 0 Å². The molecule has 2 N–H and O–H groups in total. The van der Waals surface area contributed by atoms with Gasteiger partial charge in [-0.3, -0.25) is 10.1 Å². The molecule has 0 unspecified atom stereocenters. The van der Waals surface area contributed by atoms with Gasteiger partial charge in [-0.25, -0.2) is 9.78 Å². The highest BCUT2D eigenvalue weighted by Crippen LogP contribution is 2.30. The fourth-order valence-corrected chi connectivity index (χ4v) is 2.18. The summed E-state index contributed by atoms with van der Waals surface area (Å²) in [6.45, 7) is 4.06. The summed E-state index contributed by atoms with van der Waals surface area (Å²) in [4.78, 5) is 27.2. The molecule has 3 amide bonds. The van der Waals surface area contributed by atoms with Crippen LogP contribution in [0.2, 0.25) is 15.3 Å². The fraction of sp³-hybridized carbons (Fsp3) is 0.417. The van der Waals surface area contributed by atoms with E-state index >= 15 is 0 Å². The molecule has 0 aliphatic carbocycles. The van der Waals surface area contributed by atoms with Gasteiger partial charge < -0.3 is 5.32 Å². The molecule has 0 spiro atoms. The molecule has 0 bridgehead atoms. The summed E-state index contributed by atoms with van der Waals surface area (Å²) in [5.74, 6) is -0.674. The van der Waals surface area contributed by atoms with E-state index in [1.165, 1.54) is 0 Å². The summed E-state index contributed by atoms with van der Waals surface area (Å²) in [6.07, 6.45) is 1.77. The Kier molecular flexibility index (Phi) is 6.52. The van der Waals surface area contributed by atoms with Gasteiger partial charge in [0.1, 0.15) is 10.3 Å². The average Bonchev–Trinajstić information content (AvgIpc) is 2.36. The van der Waals surface area contributed by atoms with E-state index in [2.05, 4.69) is 15.6 Å². The molecule has 0 saturated heterocycles. The average molecular weight is 339 g/mol. The topological polar surface area (TPSA) is 71.1 Å². The molecule has 110 valence electrons. The quantitative estimate of drug-likeness (QED) is 0.651. The second-order valence-electron chi connectivity index (χ2n) is 4.07. The van der Waals surface area contributed by atoms with Crippen molar-refractivity contribution in [2.24, 2.45) is 0 Å². The maximum Gasteiger partial charge on any atom is 0.321 e. The Balaban J connectivity index is 2.83. The largest absolute Gasteiger partial charge is 0.338 e. The number of urea groups is 1. The van der Waals surface area contributed by atoms with Crippen LogP contribution in [-0.2, 0) is 0 Å². The van der Waals surface area contributed by atoms with Crippen molar-refractivity contribution in [3.05, 3.63) is 26.5 Å². The number of carbonyl (C=O) groups is 2. The first-order chi connectivity index (χ1) is 9.38. The van der Waals surface area contributed by atoms with E-state index in [-0.39, 0.29) is 20.9 Å². The van der Waals surface area contributed by atoms with Crippen molar-refractivity contribution in [3.8, 4) is 0 Å². The Bertz CT molecular complexity index is 535. The van der Waals surface area contributed by atoms with Gasteiger partial charge in [0, 0.05) is 6.54 Å². The number of imide groups is 1. The minimum absolute atomic E-state index is 0.0121. The zero-order valence-corrected chi connectivity index (χ0v) is 13.3. The minimum atomic E-state index is -0.674. The maximum atomic E-state index is 12.0. The van der Waals surface area contributed by atoms with Crippen molar-refractivity contribution >= 4 is 46.7 Å². The molecule has 0 atom stereocenters. The third-order valence-electron chi connectivity index (χ3n) is 2.56. The second-order valence-corrected chi connectivity index (χ2v) is 5.16. The molecule has 0 aliphatic heterocycles. The van der Waals surface area contributed by atoms with Crippen LogP contribution in [-0.4, -0.2) is 23.5 Å². The number of pyridine rings is 1. The first-order valence-electron chi connectivity index (χ1n) is 5.98. The van der Waals surface area contributed by atoms with Crippen LogP contribution < -0.4 is 10.6 Å². The predicted octanol–water partition coefficient (Wildman–Crippen LogP) is 3.59. The molecule has 1 aromatic rings. The van der Waals surface area contributed by atoms with E-state index in [1.807, 2.05) is 6.92 Å². The second kappa shape index (κ2) is 7.67. The predicted molar refractivity (Wildman–Crippen MR) is 79.8 cm³/mol. The number of carbonyl (C=O) groups excluding carboxylic acids is 2. The van der Waals surface area contributed by atoms with Crippen molar-refractivity contribution in [2.75, 3.05) is 6.54 Å². The zero-order valence-electron chi connectivity index (χ0n) is 11.0. The van der Waals surface area contributed by atoms with Crippen LogP contribution in [0.5, 0.6) is 0 Å². The number of hydrogen-bond donors (Lipinski definition) is 2. The number of amides is 3. The summed E-state index contributed by atoms with van der Waals surface area (Å²) < 4.78 is 0. The number of nitrogens with zero attached hydrogens (tertiary/aromatic N) is 1. The molecule has 5 nitrogen and oxygen atoms in total. The third-order valence-corrected chi connectivity index (χ3v) is 3.66. The van der Waals surface area contributed by atoms with Gasteiger partial charge in [0.25, 0.3) is 5.91 Å². The van der Waals surface area contributed by atoms with Crippen LogP contribution in [0, 0.1) is 6.92 Å². The molecule has 0 aliphatic rings. The molecular formula is C12H14Cl3N3O2. The zero-order chi connectivity index (χ0) is 15.3. The van der Waals surface area contributed by atoms with E-state index in [4.69, 9.17) is 34.8 Å². The van der Waals surface area contributed by atoms with E-state index in [9.17, 15) is 9.59 Å². The van der Waals surface area contributed by atoms with Crippen LogP contribution in [0.1, 0.15) is 35.7 Å². The Morgan fingerprint density at radius 2 is 1.85 bits per heavy atom. The molecule has 0 aromatic carbocycles. The Hall–Kier alpha value is -1.04. The normalized spacial score (nSPS) is 10.2. The lowest BCUT2D eigenvalue weighted by Crippen LogP contribution is -2.40. The lowest BCUT2D eigenvalue weighted by Gasteiger charge is -2.11. The van der Waals surface area contributed by atoms with E-state index in [1.54, 1.807) is 6.92 Å². The van der Waals surface area contributed by atoms with Crippen LogP contribution in [0.25, 0.3) is 0 Å². The number of hydrogen-bond acceptors (Lipinski definition) is 3. The van der Waals surface area contributed by atoms with Crippen molar-refractivity contribution in [1.82, 2.24) is 15.6 Å². The number of unbranched alkanes of at least 4 members (excludes halogenated alkanes) is 1. The van der Waals surface area contributed by atoms with Gasteiger partial charge in [-0.1, -0.05) is 48.1 Å². The molecule has 8 heteroatoms. The molecule has 1 heterocycles. The number of nitrogens with one attached hydrogen (secondary N) is 2. The van der Waals surface area contributed by atoms with Crippen molar-refractivity contribution in [2.45, 2.75) is 26.7 Å². The van der Waals surface area contributed by atoms with Crippen LogP contribution in [0.4, 0.5) is 4.79 Å². The fourth-order valence-electron chi connectivity index (χ4n) is 1.46. The van der Waals surface area contributed by atoms with Gasteiger partial charge >= 0.3 is 6.03 Å². The molecule has 0 fully saturated rings. The van der Waals surface area contributed by atoms with Crippen molar-refractivity contribution in [3.63, 3.8) is 0 Å². The first-order valence-corrected chi connectivity index (χ1v) is 7.12. The van der Waals surface area contributed by atoms with Crippen LogP contribution >= 0.6 is 34.8 Å². The Morgan fingerprint density at radius 3 is 2.45 bits per heavy atom. The molecule has 1 aromatic heterocycles. The molecular weight excluding hydrogens is 325 g/mol. The number of aromatic nitrogens is 1. The summed E-state index contributed by atoms with van der Waals surface area (Å²) in [7, 11) is 0. The molecule has 1 rings (SSSR count). The highest BCUT2D eigenvalue weighted by Gasteiger charge is 2.21. The Labute approximate surface area is 132 Å². The smallest absolute Gasteiger partial charge is 0.321 e. The lowest BCUT2D eigenvalue weighted by atomic mass is 10.1. The van der Waals surface area contributed by atoms with E-state index in [0.717, 1.165) is 12.8 Å². The standard InChI is InChI=1S/C12H14Cl3N3O2/c1-3-4-5-16-12(20)18-11(19)7-6(2)8(13)10(15)17-9(7)14/h3-5H2,1-2H3,(H2,16,18,19,20). The van der Waals surface area contributed by atoms with Gasteiger partial charge in [-0.2, -0.15) is 0 Å². The van der Waals surface area contributed by atoms with Gasteiger partial charge in [0.2, 0.25) is 0 Å². The van der Waals surface area contributed by atoms with E-state index < -0.39 is 11.9 Å². The molecule has 0 radical (unpaired) electrons. The third kappa shape index (κ3) is 4.23. The Morgan fingerprint density at radius 1 is 1.20 bits per heavy atom. The lowest BCUT2D eigenvalue weighted by molar-refractivity contribution is 0.0963.